The minimum atomic E-state index is -3.19. The fourth-order valence-corrected chi connectivity index (χ4v) is 4.11. The van der Waals surface area contributed by atoms with Crippen LogP contribution in [0.5, 0.6) is 5.75 Å². The molecule has 1 aromatic heterocycles. The van der Waals surface area contributed by atoms with Gasteiger partial charge in [-0.15, -0.1) is 0 Å². The summed E-state index contributed by atoms with van der Waals surface area (Å²) in [5.74, 6) is 0.531. The molecule has 9 heteroatoms. The van der Waals surface area contributed by atoms with Crippen LogP contribution in [-0.4, -0.2) is 43.5 Å². The molecule has 0 aliphatic carbocycles. The lowest BCUT2D eigenvalue weighted by Gasteiger charge is -2.31. The molecule has 1 fully saturated rings. The second kappa shape index (κ2) is 8.74. The Bertz CT molecular complexity index is 903. The van der Waals surface area contributed by atoms with Crippen LogP contribution in [0.3, 0.4) is 0 Å². The van der Waals surface area contributed by atoms with Crippen LogP contribution in [0.2, 0.25) is 0 Å². The van der Waals surface area contributed by atoms with Gasteiger partial charge in [0.05, 0.1) is 5.75 Å². The molecule has 1 aliphatic heterocycles. The Morgan fingerprint density at radius 2 is 1.89 bits per heavy atom. The highest BCUT2D eigenvalue weighted by molar-refractivity contribution is 7.89. The van der Waals surface area contributed by atoms with Crippen molar-refractivity contribution in [1.29, 1.82) is 0 Å². The van der Waals surface area contributed by atoms with Crippen molar-refractivity contribution < 1.29 is 26.8 Å². The molecular formula is C19H23FN2O5S. The number of carbonyl (C=O) groups is 1. The first-order valence-electron chi connectivity index (χ1n) is 9.13. The fraction of sp³-hybridized carbons (Fsp3) is 0.421. The zero-order chi connectivity index (χ0) is 20.1. The predicted octanol–water partition coefficient (Wildman–Crippen LogP) is 2.54. The van der Waals surface area contributed by atoms with Crippen LogP contribution < -0.4 is 10.1 Å². The van der Waals surface area contributed by atoms with Crippen LogP contribution in [0.25, 0.3) is 0 Å². The molecule has 0 radical (unpaired) electrons. The summed E-state index contributed by atoms with van der Waals surface area (Å²) in [4.78, 5) is 12.4. The van der Waals surface area contributed by atoms with E-state index in [1.165, 1.54) is 28.6 Å². The molecule has 1 amide bonds. The summed E-state index contributed by atoms with van der Waals surface area (Å²) in [6.07, 6.45) is 1.12. The van der Waals surface area contributed by atoms with Crippen LogP contribution in [0.4, 0.5) is 4.39 Å². The molecule has 1 aromatic carbocycles. The lowest BCUT2D eigenvalue weighted by molar-refractivity contribution is 0.0891. The number of nitrogens with zero attached hydrogens (tertiary/aromatic N) is 1. The van der Waals surface area contributed by atoms with Crippen molar-refractivity contribution in [2.45, 2.75) is 32.4 Å². The van der Waals surface area contributed by atoms with Gasteiger partial charge in [0, 0.05) is 19.1 Å². The van der Waals surface area contributed by atoms with Gasteiger partial charge in [0.2, 0.25) is 10.0 Å². The van der Waals surface area contributed by atoms with Gasteiger partial charge in [-0.3, -0.25) is 4.79 Å². The van der Waals surface area contributed by atoms with Crippen molar-refractivity contribution in [2.75, 3.05) is 18.8 Å². The van der Waals surface area contributed by atoms with Crippen molar-refractivity contribution >= 4 is 15.9 Å². The van der Waals surface area contributed by atoms with Crippen LogP contribution in [0, 0.1) is 5.82 Å². The normalized spacial score (nSPS) is 16.1. The van der Waals surface area contributed by atoms with E-state index in [-0.39, 0.29) is 35.9 Å². The minimum absolute atomic E-state index is 0.0825. The fourth-order valence-electron chi connectivity index (χ4n) is 2.98. The molecule has 0 bridgehead atoms. The van der Waals surface area contributed by atoms with Gasteiger partial charge in [0.25, 0.3) is 5.91 Å². The van der Waals surface area contributed by atoms with E-state index in [1.807, 2.05) is 0 Å². The Labute approximate surface area is 163 Å². The Balaban J connectivity index is 1.48. The third-order valence-corrected chi connectivity index (χ3v) is 6.51. The maximum absolute atomic E-state index is 12.9. The van der Waals surface area contributed by atoms with Gasteiger partial charge < -0.3 is 14.5 Å². The maximum Gasteiger partial charge on any atom is 0.287 e. The first-order valence-corrected chi connectivity index (χ1v) is 10.7. The SMILES string of the molecule is CCS(=O)(=O)N1CCC(NC(=O)c2ccc(COc3ccc(F)cc3)o2)CC1. The number of amides is 1. The van der Waals surface area contributed by atoms with Crippen LogP contribution in [0.15, 0.2) is 40.8 Å². The molecule has 2 aromatic rings. The number of furan rings is 1. The van der Waals surface area contributed by atoms with Gasteiger partial charge in [-0.25, -0.2) is 17.1 Å². The highest BCUT2D eigenvalue weighted by Gasteiger charge is 2.28. The topological polar surface area (TPSA) is 88.9 Å². The standard InChI is InChI=1S/C19H23FN2O5S/c1-2-28(24,25)22-11-9-15(10-12-22)21-19(23)18-8-7-17(27-18)13-26-16-5-3-14(20)4-6-16/h3-8,15H,2,9-13H2,1H3,(H,21,23). The number of carbonyl (C=O) groups excluding carboxylic acids is 1. The number of hydrogen-bond acceptors (Lipinski definition) is 5. The number of piperidine rings is 1. The number of halogens is 1. The van der Waals surface area contributed by atoms with E-state index in [0.717, 1.165) is 0 Å². The lowest BCUT2D eigenvalue weighted by Crippen LogP contribution is -2.46. The largest absolute Gasteiger partial charge is 0.486 e. The lowest BCUT2D eigenvalue weighted by atomic mass is 10.1. The summed E-state index contributed by atoms with van der Waals surface area (Å²) in [5, 5.41) is 2.88. The molecule has 3 rings (SSSR count). The van der Waals surface area contributed by atoms with E-state index >= 15 is 0 Å². The molecular weight excluding hydrogens is 387 g/mol. The van der Waals surface area contributed by atoms with Crippen molar-refractivity contribution in [3.63, 3.8) is 0 Å². The van der Waals surface area contributed by atoms with Gasteiger partial charge in [-0.2, -0.15) is 0 Å². The number of rotatable bonds is 7. The summed E-state index contributed by atoms with van der Waals surface area (Å²) in [5.41, 5.74) is 0. The maximum atomic E-state index is 12.9. The average Bonchev–Trinajstić information content (AvgIpc) is 3.17. The van der Waals surface area contributed by atoms with Gasteiger partial charge >= 0.3 is 0 Å². The molecule has 0 atom stereocenters. The quantitative estimate of drug-likeness (QED) is 0.758. The summed E-state index contributed by atoms with van der Waals surface area (Å²) < 4.78 is 49.1. The smallest absolute Gasteiger partial charge is 0.287 e. The third-order valence-electron chi connectivity index (χ3n) is 4.63. The van der Waals surface area contributed by atoms with Crippen molar-refractivity contribution in [2.24, 2.45) is 0 Å². The number of benzene rings is 1. The van der Waals surface area contributed by atoms with Crippen LogP contribution in [-0.2, 0) is 16.6 Å². The molecule has 1 saturated heterocycles. The van der Waals surface area contributed by atoms with Crippen molar-refractivity contribution in [1.82, 2.24) is 9.62 Å². The Morgan fingerprint density at radius 3 is 2.54 bits per heavy atom. The molecule has 7 nitrogen and oxygen atoms in total. The van der Waals surface area contributed by atoms with Crippen molar-refractivity contribution in [3.8, 4) is 5.75 Å². The summed E-state index contributed by atoms with van der Waals surface area (Å²) >= 11 is 0. The van der Waals surface area contributed by atoms with E-state index in [9.17, 15) is 17.6 Å². The van der Waals surface area contributed by atoms with E-state index in [0.29, 0.717) is 37.4 Å². The summed E-state index contributed by atoms with van der Waals surface area (Å²) in [7, 11) is -3.19. The minimum Gasteiger partial charge on any atom is -0.486 e. The number of hydrogen-bond donors (Lipinski definition) is 1. The van der Waals surface area contributed by atoms with Gasteiger partial charge in [-0.05, 0) is 56.2 Å². The van der Waals surface area contributed by atoms with E-state index < -0.39 is 10.0 Å². The van der Waals surface area contributed by atoms with Gasteiger partial charge in [-0.1, -0.05) is 0 Å². The molecule has 0 saturated carbocycles. The summed E-state index contributed by atoms with van der Waals surface area (Å²) in [6.45, 7) is 2.54. The number of ether oxygens (including phenoxy) is 1. The number of nitrogens with one attached hydrogen (secondary N) is 1. The predicted molar refractivity (Wildman–Crippen MR) is 101 cm³/mol. The Hall–Kier alpha value is -2.39. The molecule has 1 N–H and O–H groups in total. The molecule has 28 heavy (non-hydrogen) atoms. The Morgan fingerprint density at radius 1 is 1.21 bits per heavy atom. The number of sulfonamides is 1. The van der Waals surface area contributed by atoms with Crippen LogP contribution in [0.1, 0.15) is 36.1 Å². The highest BCUT2D eigenvalue weighted by atomic mass is 32.2. The first-order chi connectivity index (χ1) is 13.4. The molecule has 1 aliphatic rings. The molecule has 2 heterocycles. The zero-order valence-corrected chi connectivity index (χ0v) is 16.4. The second-order valence-electron chi connectivity index (χ2n) is 6.56. The van der Waals surface area contributed by atoms with E-state index in [2.05, 4.69) is 5.32 Å². The first kappa shape index (κ1) is 20.3. The molecule has 0 unspecified atom stereocenters. The van der Waals surface area contributed by atoms with E-state index in [1.54, 1.807) is 19.1 Å². The Kier molecular flexibility index (Phi) is 6.35. The van der Waals surface area contributed by atoms with E-state index in [4.69, 9.17) is 9.15 Å². The average molecular weight is 410 g/mol. The van der Waals surface area contributed by atoms with Gasteiger partial charge in [0.1, 0.15) is 23.9 Å². The summed E-state index contributed by atoms with van der Waals surface area (Å²) in [6, 6.07) is 8.73. The highest BCUT2D eigenvalue weighted by Crippen LogP contribution is 2.17. The second-order valence-corrected chi connectivity index (χ2v) is 8.81. The van der Waals surface area contributed by atoms with Crippen molar-refractivity contribution in [3.05, 3.63) is 53.7 Å². The van der Waals surface area contributed by atoms with Crippen LogP contribution >= 0.6 is 0 Å². The molecule has 152 valence electrons. The zero-order valence-electron chi connectivity index (χ0n) is 15.6. The van der Waals surface area contributed by atoms with Gasteiger partial charge in [0.15, 0.2) is 5.76 Å². The third kappa shape index (κ3) is 5.11. The molecule has 0 spiro atoms. The monoisotopic (exact) mass is 410 g/mol.